The molecule has 2 aromatic rings. The van der Waals surface area contributed by atoms with E-state index in [0.717, 1.165) is 16.6 Å². The van der Waals surface area contributed by atoms with Crippen molar-refractivity contribution < 1.29 is 13.9 Å². The Kier molecular flexibility index (Phi) is 5.65. The van der Waals surface area contributed by atoms with Gasteiger partial charge in [-0.25, -0.2) is 9.38 Å². The van der Waals surface area contributed by atoms with Gasteiger partial charge in [-0.05, 0) is 24.3 Å². The summed E-state index contributed by atoms with van der Waals surface area (Å²) in [4.78, 5) is 4.43. The van der Waals surface area contributed by atoms with Crippen LogP contribution in [-0.2, 0) is 6.54 Å². The highest BCUT2D eigenvalue weighted by atomic mass is 79.9. The standard InChI is InChI=1S/C17H16BrClFN3O2/c1-24-16-8-15-11(6-17(16)25-5-4-18)9-23(10-21-15)22-12-2-3-14(20)13(19)7-12/h2-3,6-8,10,22H,4-5,9H2,1H3. The molecule has 5 nitrogen and oxygen atoms in total. The zero-order chi connectivity index (χ0) is 17.8. The summed E-state index contributed by atoms with van der Waals surface area (Å²) < 4.78 is 24.3. The zero-order valence-electron chi connectivity index (χ0n) is 13.4. The summed E-state index contributed by atoms with van der Waals surface area (Å²) in [5.41, 5.74) is 5.60. The van der Waals surface area contributed by atoms with Crippen molar-refractivity contribution in [1.29, 1.82) is 0 Å². The number of methoxy groups -OCH3 is 1. The van der Waals surface area contributed by atoms with Crippen LogP contribution in [0.4, 0.5) is 15.8 Å². The van der Waals surface area contributed by atoms with Crippen molar-refractivity contribution in [3.63, 3.8) is 0 Å². The molecule has 0 atom stereocenters. The summed E-state index contributed by atoms with van der Waals surface area (Å²) >= 11 is 9.15. The molecule has 0 aliphatic carbocycles. The third-order valence-corrected chi connectivity index (χ3v) is 4.18. The first-order valence-electron chi connectivity index (χ1n) is 7.53. The lowest BCUT2D eigenvalue weighted by molar-refractivity contribution is 0.313. The van der Waals surface area contributed by atoms with Crippen molar-refractivity contribution in [3.05, 3.63) is 46.7 Å². The second kappa shape index (κ2) is 7.93. The third-order valence-electron chi connectivity index (χ3n) is 3.57. The molecule has 0 aromatic heterocycles. The maximum atomic E-state index is 13.3. The number of nitrogens with one attached hydrogen (secondary N) is 1. The van der Waals surface area contributed by atoms with Crippen molar-refractivity contribution in [2.45, 2.75) is 6.54 Å². The van der Waals surface area contributed by atoms with Crippen LogP contribution in [0.15, 0.2) is 35.3 Å². The van der Waals surface area contributed by atoms with Gasteiger partial charge in [0.05, 0.1) is 36.7 Å². The van der Waals surface area contributed by atoms with E-state index < -0.39 is 5.82 Å². The lowest BCUT2D eigenvalue weighted by atomic mass is 10.1. The Balaban J connectivity index is 1.79. The molecule has 25 heavy (non-hydrogen) atoms. The number of benzene rings is 2. The van der Waals surface area contributed by atoms with Gasteiger partial charge in [0.1, 0.15) is 12.2 Å². The Morgan fingerprint density at radius 3 is 2.88 bits per heavy atom. The summed E-state index contributed by atoms with van der Waals surface area (Å²) in [6.45, 7) is 1.09. The summed E-state index contributed by atoms with van der Waals surface area (Å²) in [7, 11) is 1.60. The number of hydrazine groups is 1. The van der Waals surface area contributed by atoms with Gasteiger partial charge in [-0.15, -0.1) is 0 Å². The SMILES string of the molecule is COc1cc2c(cc1OCCBr)CN(Nc1ccc(F)c(Cl)c1)C=N2. The van der Waals surface area contributed by atoms with E-state index >= 15 is 0 Å². The van der Waals surface area contributed by atoms with E-state index in [1.165, 1.54) is 12.1 Å². The van der Waals surface area contributed by atoms with Gasteiger partial charge >= 0.3 is 0 Å². The normalized spacial score (nSPS) is 12.7. The summed E-state index contributed by atoms with van der Waals surface area (Å²) in [6.07, 6.45) is 1.66. The number of hydrogen-bond donors (Lipinski definition) is 1. The number of rotatable bonds is 6. The molecule has 8 heteroatoms. The highest BCUT2D eigenvalue weighted by Crippen LogP contribution is 2.37. The predicted molar refractivity (Wildman–Crippen MR) is 101 cm³/mol. The van der Waals surface area contributed by atoms with Gasteiger partial charge in [-0.1, -0.05) is 27.5 Å². The second-order valence-corrected chi connectivity index (χ2v) is 6.48. The number of aliphatic imine (C=N–C) groups is 1. The molecule has 0 fully saturated rings. The third kappa shape index (κ3) is 4.16. The Labute approximate surface area is 158 Å². The fourth-order valence-corrected chi connectivity index (χ4v) is 2.76. The first-order valence-corrected chi connectivity index (χ1v) is 9.03. The van der Waals surface area contributed by atoms with E-state index in [9.17, 15) is 4.39 Å². The highest BCUT2D eigenvalue weighted by Gasteiger charge is 2.17. The van der Waals surface area contributed by atoms with E-state index in [1.807, 2.05) is 12.1 Å². The molecule has 0 amide bonds. The average Bonchev–Trinajstić information content (AvgIpc) is 2.62. The topological polar surface area (TPSA) is 46.1 Å². The van der Waals surface area contributed by atoms with Crippen LogP contribution in [0.25, 0.3) is 0 Å². The fraction of sp³-hybridized carbons (Fsp3) is 0.235. The van der Waals surface area contributed by atoms with Crippen LogP contribution >= 0.6 is 27.5 Å². The molecule has 0 unspecified atom stereocenters. The lowest BCUT2D eigenvalue weighted by Gasteiger charge is -2.26. The molecule has 0 radical (unpaired) electrons. The molecule has 3 rings (SSSR count). The van der Waals surface area contributed by atoms with Gasteiger partial charge in [0.2, 0.25) is 0 Å². The smallest absolute Gasteiger partial charge is 0.162 e. The first-order chi connectivity index (χ1) is 12.1. The average molecular weight is 429 g/mol. The van der Waals surface area contributed by atoms with Crippen molar-refractivity contribution in [2.75, 3.05) is 24.5 Å². The maximum Gasteiger partial charge on any atom is 0.162 e. The van der Waals surface area contributed by atoms with Gasteiger partial charge < -0.3 is 9.47 Å². The lowest BCUT2D eigenvalue weighted by Crippen LogP contribution is -2.29. The van der Waals surface area contributed by atoms with Crippen LogP contribution in [0.1, 0.15) is 5.56 Å². The molecular formula is C17H16BrClFN3O2. The largest absolute Gasteiger partial charge is 0.493 e. The molecule has 1 N–H and O–H groups in total. The van der Waals surface area contributed by atoms with Gasteiger partial charge in [-0.2, -0.15) is 0 Å². The van der Waals surface area contributed by atoms with Crippen LogP contribution in [0.3, 0.4) is 0 Å². The molecule has 0 bridgehead atoms. The van der Waals surface area contributed by atoms with Gasteiger partial charge in [-0.3, -0.25) is 10.4 Å². The molecule has 2 aromatic carbocycles. The maximum absolute atomic E-state index is 13.3. The number of nitrogens with zero attached hydrogens (tertiary/aromatic N) is 2. The van der Waals surface area contributed by atoms with E-state index in [2.05, 4.69) is 26.3 Å². The minimum Gasteiger partial charge on any atom is -0.493 e. The summed E-state index contributed by atoms with van der Waals surface area (Å²) in [6, 6.07) is 8.22. The monoisotopic (exact) mass is 427 g/mol. The molecular weight excluding hydrogens is 413 g/mol. The van der Waals surface area contributed by atoms with E-state index in [0.29, 0.717) is 30.3 Å². The molecule has 1 aliphatic rings. The number of ether oxygens (including phenoxy) is 2. The van der Waals surface area contributed by atoms with E-state index in [1.54, 1.807) is 24.5 Å². The highest BCUT2D eigenvalue weighted by molar-refractivity contribution is 9.09. The van der Waals surface area contributed by atoms with E-state index in [-0.39, 0.29) is 5.02 Å². The van der Waals surface area contributed by atoms with Gasteiger partial charge in [0, 0.05) is 17.0 Å². The molecule has 132 valence electrons. The number of fused-ring (bicyclic) bond motifs is 1. The van der Waals surface area contributed by atoms with Crippen molar-refractivity contribution in [2.24, 2.45) is 4.99 Å². The Hall–Kier alpha value is -1.99. The minimum atomic E-state index is -0.453. The molecule has 0 spiro atoms. The van der Waals surface area contributed by atoms with Crippen LogP contribution in [0.2, 0.25) is 5.02 Å². The van der Waals surface area contributed by atoms with Gasteiger partial charge in [0.15, 0.2) is 11.5 Å². The number of hydrogen-bond acceptors (Lipinski definition) is 5. The molecule has 1 aliphatic heterocycles. The zero-order valence-corrected chi connectivity index (χ0v) is 15.8. The van der Waals surface area contributed by atoms with Crippen molar-refractivity contribution in [1.82, 2.24) is 5.01 Å². The number of halogens is 3. The molecule has 0 saturated heterocycles. The Bertz CT molecular complexity index is 804. The number of anilines is 1. The quantitative estimate of drug-likeness (QED) is 0.674. The first kappa shape index (κ1) is 17.8. The predicted octanol–water partition coefficient (Wildman–Crippen LogP) is 4.76. The Morgan fingerprint density at radius 2 is 2.16 bits per heavy atom. The van der Waals surface area contributed by atoms with Crippen molar-refractivity contribution >= 4 is 45.2 Å². The second-order valence-electron chi connectivity index (χ2n) is 5.28. The summed E-state index contributed by atoms with van der Waals surface area (Å²) in [5, 5.41) is 2.58. The minimum absolute atomic E-state index is 0.0644. The van der Waals surface area contributed by atoms with Crippen LogP contribution < -0.4 is 14.9 Å². The van der Waals surface area contributed by atoms with Gasteiger partial charge in [0.25, 0.3) is 0 Å². The number of alkyl halides is 1. The fourth-order valence-electron chi connectivity index (χ4n) is 2.42. The Morgan fingerprint density at radius 1 is 1.32 bits per heavy atom. The van der Waals surface area contributed by atoms with Crippen LogP contribution in [0.5, 0.6) is 11.5 Å². The molecule has 1 heterocycles. The van der Waals surface area contributed by atoms with Crippen molar-refractivity contribution in [3.8, 4) is 11.5 Å². The van der Waals surface area contributed by atoms with E-state index in [4.69, 9.17) is 21.1 Å². The van der Waals surface area contributed by atoms with Crippen LogP contribution in [-0.4, -0.2) is 30.4 Å². The summed E-state index contributed by atoms with van der Waals surface area (Å²) in [5.74, 6) is 0.858. The van der Waals surface area contributed by atoms with Crippen LogP contribution in [0, 0.1) is 5.82 Å². The molecule has 0 saturated carbocycles.